The maximum absolute atomic E-state index is 13.5. The lowest BCUT2D eigenvalue weighted by atomic mass is 9.60. The fraction of sp³-hybridized carbons (Fsp3) is 0.688. The summed E-state index contributed by atoms with van der Waals surface area (Å²) in [4.78, 5) is 12.8. The van der Waals surface area contributed by atoms with Crippen molar-refractivity contribution >= 4 is 5.78 Å². The molecule has 130 valence electrons. The van der Waals surface area contributed by atoms with Gasteiger partial charge in [0.05, 0.1) is 12.0 Å². The zero-order valence-corrected chi connectivity index (χ0v) is 13.3. The number of rotatable bonds is 0. The van der Waals surface area contributed by atoms with E-state index < -0.39 is 29.2 Å². The smallest absolute Gasteiger partial charge is 0.381 e. The van der Waals surface area contributed by atoms with Crippen molar-refractivity contribution in [2.45, 2.75) is 38.8 Å². The van der Waals surface area contributed by atoms with E-state index in [-0.39, 0.29) is 6.42 Å². The van der Waals surface area contributed by atoms with E-state index in [0.29, 0.717) is 49.7 Å². The average molecular weight is 341 g/mol. The monoisotopic (exact) mass is 341 g/mol. The fourth-order valence-electron chi connectivity index (χ4n) is 4.37. The van der Waals surface area contributed by atoms with Crippen LogP contribution in [-0.2, 0) is 9.53 Å². The Morgan fingerprint density at radius 1 is 1.21 bits per heavy atom. The van der Waals surface area contributed by atoms with Crippen LogP contribution in [0.5, 0.6) is 0 Å². The molecule has 0 bridgehead atoms. The summed E-state index contributed by atoms with van der Waals surface area (Å²) in [5.41, 5.74) is -0.808. The van der Waals surface area contributed by atoms with Crippen molar-refractivity contribution in [3.63, 3.8) is 0 Å². The molecule has 4 rings (SSSR count). The highest BCUT2D eigenvalue weighted by Crippen LogP contribution is 2.57. The molecule has 0 aromatic carbocycles. The van der Waals surface area contributed by atoms with E-state index >= 15 is 0 Å². The van der Waals surface area contributed by atoms with Crippen LogP contribution in [0.3, 0.4) is 0 Å². The Labute approximate surface area is 137 Å². The van der Waals surface area contributed by atoms with E-state index in [1.54, 1.807) is 0 Å². The topological polar surface area (TPSA) is 63.0 Å². The molecule has 0 aromatic heterocycles. The summed E-state index contributed by atoms with van der Waals surface area (Å²) < 4.78 is 45.9. The van der Waals surface area contributed by atoms with Crippen molar-refractivity contribution < 1.29 is 22.7 Å². The quantitative estimate of drug-likeness (QED) is 0.736. The molecule has 1 N–H and O–H groups in total. The molecule has 1 spiro atoms. The summed E-state index contributed by atoms with van der Waals surface area (Å²) >= 11 is 0. The standard InChI is InChI=1S/C16H18F3N3O2/c1-14(16(17,18)19)6-10-12(11(23)7-14)15(2-4-24-5-3-15)9-8-20-22-13(9)21-10/h21H,2-8H2,1H3. The molecule has 0 amide bonds. The first kappa shape index (κ1) is 15.8. The second-order valence-corrected chi connectivity index (χ2v) is 7.23. The molecular formula is C16H18F3N3O2. The van der Waals surface area contributed by atoms with Gasteiger partial charge in [-0.15, -0.1) is 5.11 Å². The van der Waals surface area contributed by atoms with Crippen molar-refractivity contribution in [2.75, 3.05) is 19.8 Å². The first-order valence-electron chi connectivity index (χ1n) is 8.06. The number of hydrogen-bond acceptors (Lipinski definition) is 5. The molecule has 3 heterocycles. The maximum Gasteiger partial charge on any atom is 0.395 e. The lowest BCUT2D eigenvalue weighted by Gasteiger charge is -2.47. The molecule has 24 heavy (non-hydrogen) atoms. The second kappa shape index (κ2) is 4.91. The van der Waals surface area contributed by atoms with Crippen LogP contribution in [0, 0.1) is 10.8 Å². The fourth-order valence-corrected chi connectivity index (χ4v) is 4.37. The summed E-state index contributed by atoms with van der Waals surface area (Å²) in [6.45, 7) is 2.48. The predicted octanol–water partition coefficient (Wildman–Crippen LogP) is 3.25. The zero-order valence-electron chi connectivity index (χ0n) is 13.3. The summed E-state index contributed by atoms with van der Waals surface area (Å²) in [5, 5.41) is 11.1. The highest BCUT2D eigenvalue weighted by atomic mass is 19.4. The van der Waals surface area contributed by atoms with Gasteiger partial charge in [-0.2, -0.15) is 18.3 Å². The number of ether oxygens (including phenoxy) is 1. The number of nitrogens with zero attached hydrogens (tertiary/aromatic N) is 2. The van der Waals surface area contributed by atoms with Crippen molar-refractivity contribution in [1.29, 1.82) is 0 Å². The van der Waals surface area contributed by atoms with E-state index in [1.807, 2.05) is 0 Å². The van der Waals surface area contributed by atoms with Crippen molar-refractivity contribution in [1.82, 2.24) is 5.32 Å². The van der Waals surface area contributed by atoms with Gasteiger partial charge in [-0.25, -0.2) is 0 Å². The van der Waals surface area contributed by atoms with Crippen LogP contribution in [0.4, 0.5) is 13.2 Å². The Hall–Kier alpha value is -1.70. The van der Waals surface area contributed by atoms with Gasteiger partial charge in [0.2, 0.25) is 0 Å². The molecule has 1 saturated heterocycles. The lowest BCUT2D eigenvalue weighted by Crippen LogP contribution is -2.50. The van der Waals surface area contributed by atoms with Gasteiger partial charge >= 0.3 is 6.18 Å². The van der Waals surface area contributed by atoms with Crippen LogP contribution in [0.2, 0.25) is 0 Å². The number of halogens is 3. The van der Waals surface area contributed by atoms with Gasteiger partial charge in [-0.3, -0.25) is 4.79 Å². The van der Waals surface area contributed by atoms with Gasteiger partial charge in [0, 0.05) is 48.3 Å². The van der Waals surface area contributed by atoms with E-state index in [1.165, 1.54) is 0 Å². The van der Waals surface area contributed by atoms with Gasteiger partial charge in [-0.1, -0.05) is 6.92 Å². The molecule has 1 atom stereocenters. The normalized spacial score (nSPS) is 32.1. The minimum atomic E-state index is -4.43. The molecular weight excluding hydrogens is 323 g/mol. The molecule has 0 radical (unpaired) electrons. The van der Waals surface area contributed by atoms with Gasteiger partial charge in [0.25, 0.3) is 0 Å². The molecule has 5 nitrogen and oxygen atoms in total. The first-order valence-corrected chi connectivity index (χ1v) is 8.06. The summed E-state index contributed by atoms with van der Waals surface area (Å²) in [6.07, 6.45) is -3.99. The van der Waals surface area contributed by atoms with Crippen LogP contribution in [0.1, 0.15) is 32.6 Å². The number of fused-ring (bicyclic) bond motifs is 2. The van der Waals surface area contributed by atoms with Crippen LogP contribution in [-0.4, -0.2) is 31.7 Å². The van der Waals surface area contributed by atoms with Crippen LogP contribution in [0.25, 0.3) is 0 Å². The van der Waals surface area contributed by atoms with E-state index in [9.17, 15) is 18.0 Å². The van der Waals surface area contributed by atoms with Crippen LogP contribution < -0.4 is 5.32 Å². The average Bonchev–Trinajstić information content (AvgIpc) is 2.95. The molecule has 8 heteroatoms. The maximum atomic E-state index is 13.5. The van der Waals surface area contributed by atoms with Crippen molar-refractivity contribution in [3.05, 3.63) is 22.7 Å². The second-order valence-electron chi connectivity index (χ2n) is 7.23. The van der Waals surface area contributed by atoms with Gasteiger partial charge in [0.15, 0.2) is 11.6 Å². The lowest BCUT2D eigenvalue weighted by molar-refractivity contribution is -0.221. The molecule has 1 unspecified atom stereocenters. The number of hydrogen-bond donors (Lipinski definition) is 1. The molecule has 0 aromatic rings. The molecule has 3 aliphatic heterocycles. The van der Waals surface area contributed by atoms with Crippen LogP contribution >= 0.6 is 0 Å². The van der Waals surface area contributed by atoms with Gasteiger partial charge in [-0.05, 0) is 12.8 Å². The number of alkyl halides is 3. The predicted molar refractivity (Wildman–Crippen MR) is 77.8 cm³/mol. The molecule has 1 fully saturated rings. The Bertz CT molecular complexity index is 702. The zero-order chi connectivity index (χ0) is 17.2. The highest BCUT2D eigenvalue weighted by molar-refractivity contribution is 6.00. The van der Waals surface area contributed by atoms with Crippen molar-refractivity contribution in [2.24, 2.45) is 21.1 Å². The number of dihydropyridines is 1. The summed E-state index contributed by atoms with van der Waals surface area (Å²) in [7, 11) is 0. The molecule has 1 aliphatic carbocycles. The Morgan fingerprint density at radius 3 is 2.58 bits per heavy atom. The number of carbonyl (C=O) groups is 1. The first-order chi connectivity index (χ1) is 11.3. The van der Waals surface area contributed by atoms with E-state index in [2.05, 4.69) is 15.5 Å². The molecule has 4 aliphatic rings. The van der Waals surface area contributed by atoms with E-state index in [0.717, 1.165) is 12.5 Å². The minimum absolute atomic E-state index is 0.230. The number of nitrogens with one attached hydrogen (secondary N) is 1. The van der Waals surface area contributed by atoms with E-state index in [4.69, 9.17) is 4.74 Å². The largest absolute Gasteiger partial charge is 0.395 e. The number of azo groups is 1. The third-order valence-corrected chi connectivity index (χ3v) is 5.74. The Morgan fingerprint density at radius 2 is 1.92 bits per heavy atom. The third kappa shape index (κ3) is 2.01. The summed E-state index contributed by atoms with van der Waals surface area (Å²) in [5.74, 6) is 0.110. The van der Waals surface area contributed by atoms with Gasteiger partial charge < -0.3 is 10.1 Å². The number of carbonyl (C=O) groups excluding carboxylic acids is 1. The Kier molecular flexibility index (Phi) is 3.23. The summed E-state index contributed by atoms with van der Waals surface area (Å²) in [6, 6.07) is 0. The van der Waals surface area contributed by atoms with Crippen LogP contribution in [0.15, 0.2) is 32.9 Å². The highest BCUT2D eigenvalue weighted by Gasteiger charge is 2.59. The SMILES string of the molecule is CC1(C(F)(F)F)CC(=O)C2=C(C1)NC1=C(CN=N1)C21CCOCC1. The minimum Gasteiger partial charge on any atom is -0.381 e. The Balaban J connectivity index is 1.83. The number of Topliss-reactive ketones (excluding diaryl/α,β-unsaturated/α-hetero) is 1. The van der Waals surface area contributed by atoms with Gasteiger partial charge in [0.1, 0.15) is 0 Å². The number of allylic oxidation sites excluding steroid dienone is 2. The molecule has 0 saturated carbocycles. The third-order valence-electron chi connectivity index (χ3n) is 5.74. The number of ketones is 1. The van der Waals surface area contributed by atoms with Crippen molar-refractivity contribution in [3.8, 4) is 0 Å².